The number of aromatic nitrogens is 2. The smallest absolute Gasteiger partial charge is 0.251 e. The predicted octanol–water partition coefficient (Wildman–Crippen LogP) is 2.16. The fourth-order valence-electron chi connectivity index (χ4n) is 1.83. The van der Waals surface area contributed by atoms with E-state index >= 15 is 0 Å². The highest BCUT2D eigenvalue weighted by Crippen LogP contribution is 2.35. The molecule has 0 aliphatic carbocycles. The van der Waals surface area contributed by atoms with Gasteiger partial charge in [-0.1, -0.05) is 0 Å². The Balaban J connectivity index is 2.04. The second-order valence-corrected chi connectivity index (χ2v) is 5.03. The van der Waals surface area contributed by atoms with E-state index in [1.54, 1.807) is 24.5 Å². The molecule has 2 aromatic rings. The van der Waals surface area contributed by atoms with Crippen LogP contribution in [0.4, 0.5) is 0 Å². The lowest BCUT2D eigenvalue weighted by atomic mass is 10.2. The summed E-state index contributed by atoms with van der Waals surface area (Å²) < 4.78 is 11.1. The van der Waals surface area contributed by atoms with E-state index in [0.29, 0.717) is 34.5 Å². The van der Waals surface area contributed by atoms with Crippen LogP contribution in [0.15, 0.2) is 29.0 Å². The van der Waals surface area contributed by atoms with Gasteiger partial charge in [0.15, 0.2) is 0 Å². The molecule has 0 aliphatic heterocycles. The van der Waals surface area contributed by atoms with E-state index in [4.69, 9.17) is 9.47 Å². The summed E-state index contributed by atoms with van der Waals surface area (Å²) in [5, 5.41) is 2.83. The van der Waals surface area contributed by atoms with Crippen molar-refractivity contribution in [1.29, 1.82) is 0 Å². The summed E-state index contributed by atoms with van der Waals surface area (Å²) >= 11 is 3.37. The molecule has 1 aromatic carbocycles. The molecule has 0 atom stereocenters. The first-order valence-electron chi connectivity index (χ1n) is 6.33. The van der Waals surface area contributed by atoms with Gasteiger partial charge >= 0.3 is 0 Å². The number of halogens is 1. The molecule has 6 nitrogen and oxygen atoms in total. The van der Waals surface area contributed by atoms with Crippen LogP contribution in [0, 0.1) is 0 Å². The molecule has 7 heteroatoms. The summed E-state index contributed by atoms with van der Waals surface area (Å²) in [6.45, 7) is 0.493. The number of carbonyl (C=O) groups is 1. The van der Waals surface area contributed by atoms with Crippen LogP contribution in [-0.2, 0) is 6.42 Å². The van der Waals surface area contributed by atoms with E-state index in [2.05, 4.69) is 31.2 Å². The number of hydrogen-bond acceptors (Lipinski definition) is 4. The predicted molar refractivity (Wildman–Crippen MR) is 81.9 cm³/mol. The molecule has 0 saturated heterocycles. The quantitative estimate of drug-likeness (QED) is 0.834. The molecular weight excluding hydrogens is 338 g/mol. The maximum Gasteiger partial charge on any atom is 0.251 e. The van der Waals surface area contributed by atoms with Crippen LogP contribution in [0.3, 0.4) is 0 Å². The number of hydrogen-bond donors (Lipinski definition) is 2. The minimum absolute atomic E-state index is 0.189. The SMILES string of the molecule is COc1cc(C(=O)NCCc2ncc[nH]2)cc(OC)c1Br. The van der Waals surface area contributed by atoms with E-state index in [1.165, 1.54) is 14.2 Å². The van der Waals surface area contributed by atoms with Gasteiger partial charge in [0.05, 0.1) is 14.2 Å². The fraction of sp³-hybridized carbons (Fsp3) is 0.286. The van der Waals surface area contributed by atoms with E-state index < -0.39 is 0 Å². The van der Waals surface area contributed by atoms with Crippen molar-refractivity contribution in [2.45, 2.75) is 6.42 Å². The average Bonchev–Trinajstić information content (AvgIpc) is 3.00. The number of amides is 1. The van der Waals surface area contributed by atoms with Gasteiger partial charge in [-0.15, -0.1) is 0 Å². The molecular formula is C14H16BrN3O3. The van der Waals surface area contributed by atoms with Gasteiger partial charge in [-0.05, 0) is 28.1 Å². The molecule has 1 heterocycles. The van der Waals surface area contributed by atoms with Gasteiger partial charge in [0, 0.05) is 30.9 Å². The molecule has 0 radical (unpaired) electrons. The molecule has 2 N–H and O–H groups in total. The van der Waals surface area contributed by atoms with Crippen LogP contribution in [0.25, 0.3) is 0 Å². The van der Waals surface area contributed by atoms with Gasteiger partial charge < -0.3 is 19.8 Å². The van der Waals surface area contributed by atoms with Crippen LogP contribution in [0.2, 0.25) is 0 Å². The second kappa shape index (κ2) is 7.12. The molecule has 1 aromatic heterocycles. The minimum Gasteiger partial charge on any atom is -0.495 e. The number of carbonyl (C=O) groups excluding carboxylic acids is 1. The lowest BCUT2D eigenvalue weighted by Crippen LogP contribution is -2.26. The van der Waals surface area contributed by atoms with Gasteiger partial charge in [-0.3, -0.25) is 4.79 Å². The molecule has 0 aliphatic rings. The third kappa shape index (κ3) is 3.75. The van der Waals surface area contributed by atoms with Crippen LogP contribution in [0.1, 0.15) is 16.2 Å². The number of imidazole rings is 1. The Kier molecular flexibility index (Phi) is 5.21. The molecule has 1 amide bonds. The monoisotopic (exact) mass is 353 g/mol. The van der Waals surface area contributed by atoms with E-state index in [1.807, 2.05) is 0 Å². The number of aromatic amines is 1. The fourth-order valence-corrected chi connectivity index (χ4v) is 2.38. The molecule has 0 spiro atoms. The molecule has 0 unspecified atom stereocenters. The molecule has 112 valence electrons. The highest BCUT2D eigenvalue weighted by Gasteiger charge is 2.14. The molecule has 0 fully saturated rings. The molecule has 0 bridgehead atoms. The number of ether oxygens (including phenoxy) is 2. The summed E-state index contributed by atoms with van der Waals surface area (Å²) in [5.74, 6) is 1.74. The number of methoxy groups -OCH3 is 2. The van der Waals surface area contributed by atoms with Crippen LogP contribution in [0.5, 0.6) is 11.5 Å². The summed E-state index contributed by atoms with van der Waals surface area (Å²) in [4.78, 5) is 19.2. The van der Waals surface area contributed by atoms with E-state index in [-0.39, 0.29) is 5.91 Å². The zero-order valence-electron chi connectivity index (χ0n) is 11.8. The summed E-state index contributed by atoms with van der Waals surface area (Å²) in [7, 11) is 3.08. The van der Waals surface area contributed by atoms with Crippen molar-refractivity contribution in [2.24, 2.45) is 0 Å². The van der Waals surface area contributed by atoms with E-state index in [0.717, 1.165) is 5.82 Å². The van der Waals surface area contributed by atoms with Crippen LogP contribution < -0.4 is 14.8 Å². The topological polar surface area (TPSA) is 76.2 Å². The number of H-pyrrole nitrogens is 1. The largest absolute Gasteiger partial charge is 0.495 e. The van der Waals surface area contributed by atoms with Crippen molar-refractivity contribution < 1.29 is 14.3 Å². The van der Waals surface area contributed by atoms with Gasteiger partial charge in [-0.2, -0.15) is 0 Å². The number of benzene rings is 1. The van der Waals surface area contributed by atoms with E-state index in [9.17, 15) is 4.79 Å². The number of rotatable bonds is 6. The van der Waals surface area contributed by atoms with Gasteiger partial charge in [0.1, 0.15) is 21.8 Å². The van der Waals surface area contributed by atoms with Crippen LogP contribution in [-0.4, -0.2) is 36.6 Å². The Labute approximate surface area is 131 Å². The second-order valence-electron chi connectivity index (χ2n) is 4.24. The van der Waals surface area contributed by atoms with Crippen molar-refractivity contribution in [3.8, 4) is 11.5 Å². The molecule has 2 rings (SSSR count). The first-order chi connectivity index (χ1) is 10.2. The van der Waals surface area contributed by atoms with Gasteiger partial charge in [0.2, 0.25) is 0 Å². The number of nitrogens with zero attached hydrogens (tertiary/aromatic N) is 1. The maximum absolute atomic E-state index is 12.2. The zero-order chi connectivity index (χ0) is 15.2. The Hall–Kier alpha value is -2.02. The van der Waals surface area contributed by atoms with Crippen LogP contribution >= 0.6 is 15.9 Å². The van der Waals surface area contributed by atoms with Gasteiger partial charge in [-0.25, -0.2) is 4.98 Å². The zero-order valence-corrected chi connectivity index (χ0v) is 13.4. The van der Waals surface area contributed by atoms with Crippen molar-refractivity contribution in [2.75, 3.05) is 20.8 Å². The first-order valence-corrected chi connectivity index (χ1v) is 7.13. The molecule has 0 saturated carbocycles. The summed E-state index contributed by atoms with van der Waals surface area (Å²) in [6.07, 6.45) is 4.08. The Morgan fingerprint density at radius 1 is 1.33 bits per heavy atom. The average molecular weight is 354 g/mol. The maximum atomic E-state index is 12.2. The Morgan fingerprint density at radius 3 is 2.52 bits per heavy atom. The highest BCUT2D eigenvalue weighted by molar-refractivity contribution is 9.10. The van der Waals surface area contributed by atoms with Crippen molar-refractivity contribution >= 4 is 21.8 Å². The highest BCUT2D eigenvalue weighted by atomic mass is 79.9. The molecule has 21 heavy (non-hydrogen) atoms. The first kappa shape index (κ1) is 15.4. The lowest BCUT2D eigenvalue weighted by molar-refractivity contribution is 0.0953. The summed E-state index contributed by atoms with van der Waals surface area (Å²) in [5.41, 5.74) is 0.478. The standard InChI is InChI=1S/C14H16BrN3O3/c1-20-10-7-9(8-11(21-2)13(10)15)14(19)18-4-3-12-16-5-6-17-12/h5-8H,3-4H2,1-2H3,(H,16,17)(H,18,19). The summed E-state index contributed by atoms with van der Waals surface area (Å²) in [6, 6.07) is 3.32. The van der Waals surface area contributed by atoms with Crippen molar-refractivity contribution in [1.82, 2.24) is 15.3 Å². The van der Waals surface area contributed by atoms with Gasteiger partial charge in [0.25, 0.3) is 5.91 Å². The lowest BCUT2D eigenvalue weighted by Gasteiger charge is -2.11. The third-order valence-electron chi connectivity index (χ3n) is 2.91. The Bertz CT molecular complexity index is 589. The Morgan fingerprint density at radius 2 is 2.00 bits per heavy atom. The van der Waals surface area contributed by atoms with Crippen molar-refractivity contribution in [3.63, 3.8) is 0 Å². The third-order valence-corrected chi connectivity index (χ3v) is 3.69. The number of nitrogens with one attached hydrogen (secondary N) is 2. The van der Waals surface area contributed by atoms with Crippen molar-refractivity contribution in [3.05, 3.63) is 40.4 Å². The normalized spacial score (nSPS) is 10.2. The minimum atomic E-state index is -0.189.